The zero-order valence-corrected chi connectivity index (χ0v) is 14.1. The molecule has 1 N–H and O–H groups in total. The van der Waals surface area contributed by atoms with Crippen molar-refractivity contribution in [3.63, 3.8) is 0 Å². The molecule has 122 valence electrons. The van der Waals surface area contributed by atoms with Gasteiger partial charge in [0.05, 0.1) is 13.7 Å². The van der Waals surface area contributed by atoms with Gasteiger partial charge >= 0.3 is 0 Å². The summed E-state index contributed by atoms with van der Waals surface area (Å²) in [5, 5.41) is 2.68. The van der Waals surface area contributed by atoms with E-state index in [0.29, 0.717) is 5.56 Å². The predicted molar refractivity (Wildman–Crippen MR) is 91.0 cm³/mol. The number of hydrogen-bond acceptors (Lipinski definition) is 3. The average Bonchev–Trinajstić information content (AvgIpc) is 2.59. The summed E-state index contributed by atoms with van der Waals surface area (Å²) in [4.78, 5) is 11.2. The maximum absolute atomic E-state index is 12.1. The molecule has 1 atom stereocenters. The fourth-order valence-electron chi connectivity index (χ4n) is 1.89. The van der Waals surface area contributed by atoms with Crippen molar-refractivity contribution < 1.29 is 14.3 Å². The summed E-state index contributed by atoms with van der Waals surface area (Å²) in [5.74, 6) is 0.465. The van der Waals surface area contributed by atoms with Crippen molar-refractivity contribution in [2.75, 3.05) is 7.11 Å². The van der Waals surface area contributed by atoms with Gasteiger partial charge in [-0.1, -0.05) is 30.3 Å². The van der Waals surface area contributed by atoms with Crippen LogP contribution >= 0.6 is 23.2 Å². The third-order valence-corrected chi connectivity index (χ3v) is 3.58. The molecule has 23 heavy (non-hydrogen) atoms. The second-order valence-corrected chi connectivity index (χ2v) is 5.92. The second kappa shape index (κ2) is 8.77. The maximum Gasteiger partial charge on any atom is 0.253 e. The topological polar surface area (TPSA) is 47.6 Å². The van der Waals surface area contributed by atoms with E-state index in [1.54, 1.807) is 31.4 Å². The second-order valence-electron chi connectivity index (χ2n) is 4.75. The van der Waals surface area contributed by atoms with Crippen LogP contribution in [0, 0.1) is 0 Å². The molecule has 0 saturated heterocycles. The highest BCUT2D eigenvalue weighted by atomic mass is 35.5. The van der Waals surface area contributed by atoms with Gasteiger partial charge < -0.3 is 14.8 Å². The lowest BCUT2D eigenvalue weighted by atomic mass is 10.2. The van der Waals surface area contributed by atoms with Gasteiger partial charge in [0.1, 0.15) is 5.75 Å². The van der Waals surface area contributed by atoms with E-state index in [2.05, 4.69) is 5.32 Å². The first-order valence-electron chi connectivity index (χ1n) is 6.98. The highest BCUT2D eigenvalue weighted by Crippen LogP contribution is 2.15. The third-order valence-electron chi connectivity index (χ3n) is 3.13. The number of ether oxygens (including phenoxy) is 2. The summed E-state index contributed by atoms with van der Waals surface area (Å²) in [5.41, 5.74) is 1.43. The van der Waals surface area contributed by atoms with Crippen molar-refractivity contribution in [1.29, 1.82) is 0 Å². The zero-order valence-electron chi connectivity index (χ0n) is 12.5. The highest BCUT2D eigenvalue weighted by molar-refractivity contribution is 6.44. The van der Waals surface area contributed by atoms with Gasteiger partial charge in [-0.15, -0.1) is 23.2 Å². The molecule has 0 fully saturated rings. The van der Waals surface area contributed by atoms with Crippen LogP contribution in [0.2, 0.25) is 0 Å². The molecule has 0 aromatic heterocycles. The Morgan fingerprint density at radius 1 is 1.09 bits per heavy atom. The van der Waals surface area contributed by atoms with Gasteiger partial charge in [-0.2, -0.15) is 0 Å². The molecule has 1 amide bonds. The Balaban J connectivity index is 1.94. The molecule has 1 unspecified atom stereocenters. The van der Waals surface area contributed by atoms with Crippen molar-refractivity contribution >= 4 is 29.1 Å². The van der Waals surface area contributed by atoms with E-state index in [1.807, 2.05) is 30.3 Å². The van der Waals surface area contributed by atoms with Crippen LogP contribution in [0.5, 0.6) is 5.75 Å². The van der Waals surface area contributed by atoms with Crippen molar-refractivity contribution in [3.8, 4) is 5.75 Å². The molecule has 6 heteroatoms. The van der Waals surface area contributed by atoms with Crippen LogP contribution < -0.4 is 10.1 Å². The van der Waals surface area contributed by atoms with Crippen LogP contribution in [-0.2, 0) is 11.3 Å². The molecule has 4 nitrogen and oxygen atoms in total. The molecule has 2 aromatic carbocycles. The van der Waals surface area contributed by atoms with Crippen LogP contribution in [0.15, 0.2) is 54.6 Å². The molecule has 0 spiro atoms. The fourth-order valence-corrected chi connectivity index (χ4v) is 2.16. The first-order valence-corrected chi connectivity index (χ1v) is 7.86. The average molecular weight is 354 g/mol. The fraction of sp³-hybridized carbons (Fsp3) is 0.235. The maximum atomic E-state index is 12.1. The minimum atomic E-state index is -0.888. The summed E-state index contributed by atoms with van der Waals surface area (Å²) in [6.07, 6.45) is -0.812. The van der Waals surface area contributed by atoms with Gasteiger partial charge in [0.25, 0.3) is 5.91 Å². The Hall–Kier alpha value is -1.75. The Morgan fingerprint density at radius 2 is 1.74 bits per heavy atom. The molecule has 0 radical (unpaired) electrons. The summed E-state index contributed by atoms with van der Waals surface area (Å²) >= 11 is 11.8. The van der Waals surface area contributed by atoms with Crippen LogP contribution in [0.1, 0.15) is 15.9 Å². The smallest absolute Gasteiger partial charge is 0.253 e. The molecule has 2 rings (SSSR count). The van der Waals surface area contributed by atoms with Gasteiger partial charge in [-0.3, -0.25) is 4.79 Å². The van der Waals surface area contributed by atoms with Crippen molar-refractivity contribution in [2.45, 2.75) is 17.7 Å². The van der Waals surface area contributed by atoms with Crippen molar-refractivity contribution in [3.05, 3.63) is 65.7 Å². The number of benzene rings is 2. The lowest BCUT2D eigenvalue weighted by molar-refractivity contribution is 0.0253. The minimum Gasteiger partial charge on any atom is -0.497 e. The molecule has 0 aliphatic carbocycles. The highest BCUT2D eigenvalue weighted by Gasteiger charge is 2.20. The monoisotopic (exact) mass is 353 g/mol. The molecule has 0 saturated carbocycles. The number of halogens is 2. The lowest BCUT2D eigenvalue weighted by Gasteiger charge is -2.20. The first-order chi connectivity index (χ1) is 11.1. The summed E-state index contributed by atoms with van der Waals surface area (Å²) in [7, 11) is 1.60. The Bertz CT molecular complexity index is 617. The van der Waals surface area contributed by atoms with Gasteiger partial charge in [-0.25, -0.2) is 0 Å². The van der Waals surface area contributed by atoms with E-state index in [1.165, 1.54) is 0 Å². The molecule has 2 aromatic rings. The third kappa shape index (κ3) is 5.43. The first kappa shape index (κ1) is 17.6. The van der Waals surface area contributed by atoms with Crippen LogP contribution in [-0.4, -0.2) is 24.1 Å². The standard InChI is InChI=1S/C17H17Cl2NO3/c1-22-14-9-7-12(8-10-14)11-23-17(15(18)19)20-16(21)13-5-3-2-4-6-13/h2-10,15,17H,11H2,1H3,(H,20,21). The van der Waals surface area contributed by atoms with Gasteiger partial charge in [0.2, 0.25) is 0 Å². The van der Waals surface area contributed by atoms with Crippen LogP contribution in [0.3, 0.4) is 0 Å². The predicted octanol–water partition coefficient (Wildman–Crippen LogP) is 3.77. The van der Waals surface area contributed by atoms with Gasteiger partial charge in [-0.05, 0) is 29.8 Å². The van der Waals surface area contributed by atoms with Crippen LogP contribution in [0.4, 0.5) is 0 Å². The quantitative estimate of drug-likeness (QED) is 0.608. The molecular formula is C17H17Cl2NO3. The summed E-state index contributed by atoms with van der Waals surface area (Å²) in [6.45, 7) is 0.264. The van der Waals surface area contributed by atoms with E-state index in [0.717, 1.165) is 11.3 Å². The van der Waals surface area contributed by atoms with Gasteiger partial charge in [0.15, 0.2) is 11.1 Å². The van der Waals surface area contributed by atoms with E-state index < -0.39 is 11.1 Å². The number of nitrogens with one attached hydrogen (secondary N) is 1. The van der Waals surface area contributed by atoms with Gasteiger partial charge in [0, 0.05) is 5.56 Å². The number of hydrogen-bond donors (Lipinski definition) is 1. The minimum absolute atomic E-state index is 0.264. The molecular weight excluding hydrogens is 337 g/mol. The van der Waals surface area contributed by atoms with E-state index in [4.69, 9.17) is 32.7 Å². The summed E-state index contributed by atoms with van der Waals surface area (Å²) < 4.78 is 10.7. The Labute approximate surface area is 145 Å². The Morgan fingerprint density at radius 3 is 2.30 bits per heavy atom. The van der Waals surface area contributed by atoms with E-state index >= 15 is 0 Å². The molecule has 0 aliphatic rings. The number of rotatable bonds is 7. The van der Waals surface area contributed by atoms with E-state index in [9.17, 15) is 4.79 Å². The molecule has 0 heterocycles. The normalized spacial score (nSPS) is 12.0. The van der Waals surface area contributed by atoms with E-state index in [-0.39, 0.29) is 12.5 Å². The summed E-state index contributed by atoms with van der Waals surface area (Å²) in [6, 6.07) is 16.2. The zero-order chi connectivity index (χ0) is 16.7. The SMILES string of the molecule is COc1ccc(COC(NC(=O)c2ccccc2)C(Cl)Cl)cc1. The number of methoxy groups -OCH3 is 1. The number of carbonyl (C=O) groups excluding carboxylic acids is 1. The lowest BCUT2D eigenvalue weighted by Crippen LogP contribution is -2.41. The van der Waals surface area contributed by atoms with Crippen molar-refractivity contribution in [1.82, 2.24) is 5.32 Å². The van der Waals surface area contributed by atoms with Crippen molar-refractivity contribution in [2.24, 2.45) is 0 Å². The number of alkyl halides is 2. The van der Waals surface area contributed by atoms with Crippen LogP contribution in [0.25, 0.3) is 0 Å². The largest absolute Gasteiger partial charge is 0.497 e. The molecule has 0 bridgehead atoms. The number of carbonyl (C=O) groups is 1. The Kier molecular flexibility index (Phi) is 6.71. The molecule has 0 aliphatic heterocycles. The number of amides is 1.